The Hall–Kier alpha value is -8.36. The lowest BCUT2D eigenvalue weighted by Crippen LogP contribution is -2.57. The molecule has 0 saturated carbocycles. The van der Waals surface area contributed by atoms with E-state index in [0.29, 0.717) is 17.2 Å². The van der Waals surface area contributed by atoms with Crippen LogP contribution in [-0.2, 0) is 0 Å². The number of hydrogen-bond donors (Lipinski definition) is 0. The molecule has 0 spiro atoms. The first-order valence-corrected chi connectivity index (χ1v) is 21.1. The largest absolute Gasteiger partial charge is 0.456 e. The maximum atomic E-state index is 7.25. The molecular weight excluding hydrogens is 779 g/mol. The number of hydrogen-bond acceptors (Lipinski definition) is 7. The Morgan fingerprint density at radius 3 is 1.32 bits per heavy atom. The molecule has 0 unspecified atom stereocenters. The zero-order chi connectivity index (χ0) is 41.6. The van der Waals surface area contributed by atoms with Gasteiger partial charge in [0.1, 0.15) is 34.5 Å². The summed E-state index contributed by atoms with van der Waals surface area (Å²) in [5.41, 5.74) is 11.5. The molecule has 0 atom stereocenters. The fourth-order valence-electron chi connectivity index (χ4n) is 9.58. The van der Waals surface area contributed by atoms with E-state index < -0.39 is 0 Å². The van der Waals surface area contributed by atoms with Gasteiger partial charge in [-0.2, -0.15) is 0 Å². The van der Waals surface area contributed by atoms with Gasteiger partial charge in [-0.3, -0.25) is 9.80 Å². The van der Waals surface area contributed by atoms with Gasteiger partial charge in [0, 0.05) is 23.2 Å². The van der Waals surface area contributed by atoms with Crippen LogP contribution in [0, 0.1) is 6.92 Å². The summed E-state index contributed by atoms with van der Waals surface area (Å²) in [6, 6.07) is 66.0. The van der Waals surface area contributed by atoms with Gasteiger partial charge in [-0.15, -0.1) is 0 Å². The molecule has 0 bridgehead atoms. The summed E-state index contributed by atoms with van der Waals surface area (Å²) in [4.78, 5) is 4.49. The van der Waals surface area contributed by atoms with Crippen molar-refractivity contribution in [3.63, 3.8) is 0 Å². The van der Waals surface area contributed by atoms with Crippen molar-refractivity contribution >= 4 is 57.2 Å². The number of para-hydroxylation sites is 11. The van der Waals surface area contributed by atoms with E-state index in [1.807, 2.05) is 103 Å². The maximum Gasteiger partial charge on any atom is 0.260 e. The van der Waals surface area contributed by atoms with Crippen LogP contribution in [-0.4, -0.2) is 6.71 Å². The van der Waals surface area contributed by atoms with E-state index in [-0.39, 0.29) is 6.71 Å². The molecular formula is C55H35BN2O5. The Balaban J connectivity index is 1.04. The lowest BCUT2D eigenvalue weighted by atomic mass is 9.34. The van der Waals surface area contributed by atoms with E-state index >= 15 is 0 Å². The van der Waals surface area contributed by atoms with Gasteiger partial charge >= 0.3 is 0 Å². The Bertz CT molecular complexity index is 3070. The molecule has 0 N–H and O–H groups in total. The van der Waals surface area contributed by atoms with E-state index in [1.54, 1.807) is 0 Å². The van der Waals surface area contributed by atoms with Crippen molar-refractivity contribution in [3.8, 4) is 68.6 Å². The number of fused-ring (bicyclic) bond motifs is 8. The second-order valence-corrected chi connectivity index (χ2v) is 16.0. The monoisotopic (exact) mass is 814 g/mol. The van der Waals surface area contributed by atoms with Gasteiger partial charge in [-0.05, 0) is 89.6 Å². The van der Waals surface area contributed by atoms with Crippen molar-refractivity contribution in [1.82, 2.24) is 0 Å². The normalized spacial score (nSPS) is 13.3. The average Bonchev–Trinajstić information content (AvgIpc) is 3.33. The molecule has 13 rings (SSSR count). The lowest BCUT2D eigenvalue weighted by molar-refractivity contribution is 0.442. The van der Waals surface area contributed by atoms with Crippen molar-refractivity contribution in [2.24, 2.45) is 0 Å². The van der Waals surface area contributed by atoms with Crippen LogP contribution in [0.1, 0.15) is 5.56 Å². The summed E-state index contributed by atoms with van der Waals surface area (Å²) in [5, 5.41) is 0. The zero-order valence-corrected chi connectivity index (χ0v) is 34.0. The van der Waals surface area contributed by atoms with Gasteiger partial charge in [0.2, 0.25) is 0 Å². The summed E-state index contributed by atoms with van der Waals surface area (Å²) in [7, 11) is 0. The molecule has 0 fully saturated rings. The molecule has 4 aliphatic rings. The molecule has 63 heavy (non-hydrogen) atoms. The number of nitrogens with zero attached hydrogens (tertiary/aromatic N) is 2. The fraction of sp³-hybridized carbons (Fsp3) is 0.0182. The predicted molar refractivity (Wildman–Crippen MR) is 250 cm³/mol. The van der Waals surface area contributed by atoms with Crippen molar-refractivity contribution in [3.05, 3.63) is 200 Å². The van der Waals surface area contributed by atoms with Gasteiger partial charge in [0.25, 0.3) is 6.71 Å². The highest BCUT2D eigenvalue weighted by molar-refractivity contribution is 6.98. The Morgan fingerprint density at radius 2 is 0.825 bits per heavy atom. The maximum absolute atomic E-state index is 7.25. The Morgan fingerprint density at radius 1 is 0.397 bits per heavy atom. The summed E-state index contributed by atoms with van der Waals surface area (Å²) < 4.78 is 34.4. The molecule has 298 valence electrons. The van der Waals surface area contributed by atoms with Gasteiger partial charge < -0.3 is 23.7 Å². The van der Waals surface area contributed by atoms with E-state index in [0.717, 1.165) is 107 Å². The van der Waals surface area contributed by atoms with Gasteiger partial charge in [0.05, 0.1) is 34.1 Å². The quantitative estimate of drug-likeness (QED) is 0.160. The van der Waals surface area contributed by atoms with Crippen LogP contribution in [0.15, 0.2) is 194 Å². The third-order valence-corrected chi connectivity index (χ3v) is 12.3. The van der Waals surface area contributed by atoms with Gasteiger partial charge in [-0.1, -0.05) is 121 Å². The van der Waals surface area contributed by atoms with Crippen molar-refractivity contribution < 1.29 is 23.7 Å². The third kappa shape index (κ3) is 5.48. The minimum atomic E-state index is -0.257. The SMILES string of the molecule is Cc1cccc(-c2ccccc2)c1Oc1cc2c3c(c1)Oc1c(cccc1N1c4ccccc4Oc4ccccc41)B3c1cccc(N3c4ccccc4Oc4ccccc43)c1O2. The number of aryl methyl sites for hydroxylation is 1. The van der Waals surface area contributed by atoms with Crippen molar-refractivity contribution in [1.29, 1.82) is 0 Å². The van der Waals surface area contributed by atoms with Crippen LogP contribution in [0.2, 0.25) is 0 Å². The first-order chi connectivity index (χ1) is 31.2. The van der Waals surface area contributed by atoms with Crippen LogP contribution in [0.5, 0.6) is 57.5 Å². The molecule has 9 aromatic rings. The Kier molecular flexibility index (Phi) is 7.78. The van der Waals surface area contributed by atoms with Crippen LogP contribution >= 0.6 is 0 Å². The van der Waals surface area contributed by atoms with Crippen LogP contribution < -0.4 is 49.9 Å². The minimum absolute atomic E-state index is 0.257. The Labute approximate surface area is 364 Å². The van der Waals surface area contributed by atoms with E-state index in [1.165, 1.54) is 0 Å². The molecule has 0 amide bonds. The molecule has 4 heterocycles. The van der Waals surface area contributed by atoms with E-state index in [2.05, 4.69) is 108 Å². The molecule has 4 aliphatic heterocycles. The summed E-state index contributed by atoms with van der Waals surface area (Å²) in [6.45, 7) is 1.82. The zero-order valence-electron chi connectivity index (χ0n) is 34.0. The van der Waals surface area contributed by atoms with Crippen LogP contribution in [0.4, 0.5) is 34.1 Å². The van der Waals surface area contributed by atoms with E-state index in [9.17, 15) is 0 Å². The summed E-state index contributed by atoms with van der Waals surface area (Å²) in [6.07, 6.45) is 0. The smallest absolute Gasteiger partial charge is 0.260 e. The van der Waals surface area contributed by atoms with Crippen molar-refractivity contribution in [2.45, 2.75) is 6.92 Å². The lowest BCUT2D eigenvalue weighted by Gasteiger charge is -2.39. The first kappa shape index (κ1) is 35.4. The molecule has 0 saturated heterocycles. The molecule has 8 heteroatoms. The molecule has 7 nitrogen and oxygen atoms in total. The second kappa shape index (κ2) is 13.8. The third-order valence-electron chi connectivity index (χ3n) is 12.3. The van der Waals surface area contributed by atoms with Gasteiger partial charge in [0.15, 0.2) is 23.0 Å². The highest BCUT2D eigenvalue weighted by atomic mass is 16.5. The minimum Gasteiger partial charge on any atom is -0.456 e. The highest BCUT2D eigenvalue weighted by Crippen LogP contribution is 2.56. The van der Waals surface area contributed by atoms with Crippen LogP contribution in [0.3, 0.4) is 0 Å². The molecule has 0 aromatic heterocycles. The number of benzene rings is 9. The highest BCUT2D eigenvalue weighted by Gasteiger charge is 2.44. The standard InChI is InChI=1S/C55H35BN2O5/c1-34-16-13-19-37(35-17-3-2-4-18-35)53(34)59-36-32-50-52-51(33-36)63-55-39(21-15-27-45(55)58-42-24-7-11-30-48(42)61-49-31-12-8-25-43(49)58)56(52)38-20-14-26-44(54(38)62-50)57-40-22-5-9-28-46(40)60-47-29-10-6-23-41(47)57/h2-33H,1H3. The van der Waals surface area contributed by atoms with Crippen molar-refractivity contribution in [2.75, 3.05) is 9.80 Å². The fourth-order valence-corrected chi connectivity index (χ4v) is 9.58. The first-order valence-electron chi connectivity index (χ1n) is 21.1. The summed E-state index contributed by atoms with van der Waals surface area (Å²) in [5.74, 6) is 7.24. The topological polar surface area (TPSA) is 52.6 Å². The second-order valence-electron chi connectivity index (χ2n) is 16.0. The number of rotatable bonds is 5. The predicted octanol–water partition coefficient (Wildman–Crippen LogP) is 13.3. The number of anilines is 6. The van der Waals surface area contributed by atoms with Crippen LogP contribution in [0.25, 0.3) is 11.1 Å². The molecule has 9 aromatic carbocycles. The van der Waals surface area contributed by atoms with E-state index in [4.69, 9.17) is 23.7 Å². The van der Waals surface area contributed by atoms with Gasteiger partial charge in [-0.25, -0.2) is 0 Å². The molecule has 0 aliphatic carbocycles. The summed E-state index contributed by atoms with van der Waals surface area (Å²) >= 11 is 0. The molecule has 0 radical (unpaired) electrons. The number of ether oxygens (including phenoxy) is 5. The average molecular weight is 815 g/mol.